The average molecular weight is 528 g/mol. The largest absolute Gasteiger partial charge is 0.459 e. The number of nitro benzene ring substituents is 1. The van der Waals surface area contributed by atoms with Crippen LogP contribution in [0.2, 0.25) is 0 Å². The van der Waals surface area contributed by atoms with E-state index in [0.717, 1.165) is 43.4 Å². The summed E-state index contributed by atoms with van der Waals surface area (Å²) in [5, 5.41) is 15.6. The topological polar surface area (TPSA) is 96.9 Å². The normalized spacial score (nSPS) is 19.4. The molecule has 2 atom stereocenters. The summed E-state index contributed by atoms with van der Waals surface area (Å²) in [7, 11) is 0. The minimum Gasteiger partial charge on any atom is -0.459 e. The standard InChI is InChI=1S/C28H25N5O4S/c34-33(35)23-7-2-1-5-21(23)24-12-13-25(37-24)27-26(22-6-3-4-14-29-22)30-28(38)32(27)20-10-8-19(9-11-20)31-15-17-36-18-16-31/h1-14,26-27H,15-18H2,(H,30,38)/t26-,27-/m1/s1. The summed E-state index contributed by atoms with van der Waals surface area (Å²) in [6.45, 7) is 3.15. The number of nitro groups is 1. The summed E-state index contributed by atoms with van der Waals surface area (Å²) in [5.41, 5.74) is 3.27. The van der Waals surface area contributed by atoms with Crippen molar-refractivity contribution in [1.29, 1.82) is 0 Å². The van der Waals surface area contributed by atoms with Gasteiger partial charge in [0.15, 0.2) is 5.11 Å². The number of pyridine rings is 1. The van der Waals surface area contributed by atoms with Crippen molar-refractivity contribution in [2.45, 2.75) is 12.1 Å². The summed E-state index contributed by atoms with van der Waals surface area (Å²) in [5.74, 6) is 1.05. The Labute approximate surface area is 224 Å². The molecule has 2 fully saturated rings. The Hall–Kier alpha value is -4.28. The van der Waals surface area contributed by atoms with Crippen LogP contribution < -0.4 is 15.1 Å². The van der Waals surface area contributed by atoms with Gasteiger partial charge in [-0.2, -0.15) is 0 Å². The van der Waals surface area contributed by atoms with Crippen LogP contribution in [0.25, 0.3) is 11.3 Å². The van der Waals surface area contributed by atoms with Crippen molar-refractivity contribution in [3.05, 3.63) is 107 Å². The molecule has 10 heteroatoms. The van der Waals surface area contributed by atoms with Crippen LogP contribution in [0, 0.1) is 10.1 Å². The van der Waals surface area contributed by atoms with Gasteiger partial charge in [0.1, 0.15) is 17.6 Å². The average Bonchev–Trinajstić information content (AvgIpc) is 3.59. The first-order chi connectivity index (χ1) is 18.6. The lowest BCUT2D eigenvalue weighted by molar-refractivity contribution is -0.384. The lowest BCUT2D eigenvalue weighted by atomic mass is 10.0. The molecule has 0 spiro atoms. The quantitative estimate of drug-likeness (QED) is 0.204. The van der Waals surface area contributed by atoms with Crippen molar-refractivity contribution in [2.75, 3.05) is 36.1 Å². The lowest BCUT2D eigenvalue weighted by Crippen LogP contribution is -2.36. The van der Waals surface area contributed by atoms with Gasteiger partial charge < -0.3 is 24.3 Å². The van der Waals surface area contributed by atoms with Gasteiger partial charge in [0.25, 0.3) is 5.69 Å². The van der Waals surface area contributed by atoms with Gasteiger partial charge in [-0.25, -0.2) is 0 Å². The van der Waals surface area contributed by atoms with Crippen molar-refractivity contribution in [3.8, 4) is 11.3 Å². The fourth-order valence-electron chi connectivity index (χ4n) is 5.07. The molecule has 0 saturated carbocycles. The van der Waals surface area contributed by atoms with Crippen LogP contribution in [-0.4, -0.2) is 41.3 Å². The van der Waals surface area contributed by atoms with Gasteiger partial charge in [-0.05, 0) is 66.8 Å². The third kappa shape index (κ3) is 4.48. The van der Waals surface area contributed by atoms with Crippen LogP contribution in [0.3, 0.4) is 0 Å². The number of furan rings is 1. The van der Waals surface area contributed by atoms with Gasteiger partial charge >= 0.3 is 0 Å². The van der Waals surface area contributed by atoms with Gasteiger partial charge in [0.05, 0.1) is 35.4 Å². The molecule has 0 unspecified atom stereocenters. The van der Waals surface area contributed by atoms with Crippen LogP contribution in [0.15, 0.2) is 89.5 Å². The Balaban J connectivity index is 1.39. The van der Waals surface area contributed by atoms with Gasteiger partial charge in [-0.3, -0.25) is 15.1 Å². The predicted molar refractivity (Wildman–Crippen MR) is 148 cm³/mol. The van der Waals surface area contributed by atoms with Crippen LogP contribution in [-0.2, 0) is 4.74 Å². The summed E-state index contributed by atoms with van der Waals surface area (Å²) in [6.07, 6.45) is 1.75. The van der Waals surface area contributed by atoms with Crippen LogP contribution in [0.5, 0.6) is 0 Å². The molecule has 192 valence electrons. The van der Waals surface area contributed by atoms with Crippen molar-refractivity contribution in [3.63, 3.8) is 0 Å². The maximum absolute atomic E-state index is 11.6. The zero-order valence-electron chi connectivity index (χ0n) is 20.4. The molecule has 0 bridgehead atoms. The second-order valence-electron chi connectivity index (χ2n) is 9.09. The molecule has 0 radical (unpaired) electrons. The number of benzene rings is 2. The second kappa shape index (κ2) is 10.2. The smallest absolute Gasteiger partial charge is 0.280 e. The number of nitrogens with one attached hydrogen (secondary N) is 1. The number of hydrogen-bond acceptors (Lipinski definition) is 7. The monoisotopic (exact) mass is 527 g/mol. The zero-order chi connectivity index (χ0) is 26.1. The molecule has 2 saturated heterocycles. The lowest BCUT2D eigenvalue weighted by Gasteiger charge is -2.30. The molecule has 0 amide bonds. The first-order valence-electron chi connectivity index (χ1n) is 12.4. The van der Waals surface area contributed by atoms with Crippen LogP contribution in [0.1, 0.15) is 23.5 Å². The first-order valence-corrected chi connectivity index (χ1v) is 12.8. The van der Waals surface area contributed by atoms with E-state index in [2.05, 4.69) is 39.5 Å². The number of ether oxygens (including phenoxy) is 1. The number of hydrogen-bond donors (Lipinski definition) is 1. The van der Waals surface area contributed by atoms with E-state index < -0.39 is 4.92 Å². The third-order valence-corrected chi connectivity index (χ3v) is 7.20. The number of aromatic nitrogens is 1. The van der Waals surface area contributed by atoms with Crippen molar-refractivity contribution >= 4 is 34.4 Å². The highest BCUT2D eigenvalue weighted by Gasteiger charge is 2.42. The number of nitrogens with zero attached hydrogens (tertiary/aromatic N) is 4. The Kier molecular flexibility index (Phi) is 6.48. The highest BCUT2D eigenvalue weighted by Crippen LogP contribution is 2.44. The van der Waals surface area contributed by atoms with Gasteiger partial charge in [-0.1, -0.05) is 18.2 Å². The molecule has 2 aromatic heterocycles. The van der Waals surface area contributed by atoms with E-state index in [1.54, 1.807) is 30.5 Å². The maximum atomic E-state index is 11.6. The Bertz CT molecular complexity index is 1450. The fourth-order valence-corrected chi connectivity index (χ4v) is 5.41. The molecule has 0 aliphatic carbocycles. The molecule has 1 N–H and O–H groups in total. The SMILES string of the molecule is O=[N+]([O-])c1ccccc1-c1ccc([C@@H]2[C@@H](c3ccccn3)NC(=S)N2c2ccc(N3CCOCC3)cc2)o1. The maximum Gasteiger partial charge on any atom is 0.280 e. The molecular weight excluding hydrogens is 502 g/mol. The van der Waals surface area contributed by atoms with E-state index >= 15 is 0 Å². The molecule has 2 aliphatic heterocycles. The van der Waals surface area contributed by atoms with Gasteiger partial charge in [0, 0.05) is 36.7 Å². The van der Waals surface area contributed by atoms with E-state index in [1.807, 2.05) is 29.2 Å². The molecule has 38 heavy (non-hydrogen) atoms. The number of morpholine rings is 1. The summed E-state index contributed by atoms with van der Waals surface area (Å²) in [6, 6.07) is 23.6. The minimum atomic E-state index is -0.400. The highest BCUT2D eigenvalue weighted by atomic mass is 32.1. The molecule has 9 nitrogen and oxygen atoms in total. The van der Waals surface area contributed by atoms with E-state index in [0.29, 0.717) is 22.2 Å². The Morgan fingerprint density at radius 1 is 0.947 bits per heavy atom. The molecule has 4 aromatic rings. The summed E-state index contributed by atoms with van der Waals surface area (Å²) < 4.78 is 11.8. The van der Waals surface area contributed by atoms with E-state index in [1.165, 1.54) is 6.07 Å². The highest BCUT2D eigenvalue weighted by molar-refractivity contribution is 7.80. The summed E-state index contributed by atoms with van der Waals surface area (Å²) >= 11 is 5.82. The van der Waals surface area contributed by atoms with E-state index in [-0.39, 0.29) is 17.8 Å². The van der Waals surface area contributed by atoms with E-state index in [4.69, 9.17) is 21.4 Å². The minimum absolute atomic E-state index is 0.00898. The van der Waals surface area contributed by atoms with Crippen molar-refractivity contribution in [1.82, 2.24) is 10.3 Å². The Morgan fingerprint density at radius 3 is 2.42 bits per heavy atom. The summed E-state index contributed by atoms with van der Waals surface area (Å²) in [4.78, 5) is 20.1. The number of anilines is 2. The molecule has 2 aliphatic rings. The van der Waals surface area contributed by atoms with Crippen LogP contribution >= 0.6 is 12.2 Å². The van der Waals surface area contributed by atoms with Gasteiger partial charge in [0.2, 0.25) is 0 Å². The molecule has 4 heterocycles. The fraction of sp³-hybridized carbons (Fsp3) is 0.214. The number of para-hydroxylation sites is 1. The second-order valence-corrected chi connectivity index (χ2v) is 9.48. The van der Waals surface area contributed by atoms with Gasteiger partial charge in [-0.15, -0.1) is 0 Å². The van der Waals surface area contributed by atoms with Crippen molar-refractivity contribution in [2.24, 2.45) is 0 Å². The van der Waals surface area contributed by atoms with E-state index in [9.17, 15) is 10.1 Å². The molecule has 2 aromatic carbocycles. The molecule has 6 rings (SSSR count). The van der Waals surface area contributed by atoms with Crippen LogP contribution in [0.4, 0.5) is 17.1 Å². The third-order valence-electron chi connectivity index (χ3n) is 6.89. The zero-order valence-corrected chi connectivity index (χ0v) is 21.2. The molecular formula is C28H25N5O4S. The number of thiocarbonyl (C=S) groups is 1. The first kappa shape index (κ1) is 24.1. The predicted octanol–water partition coefficient (Wildman–Crippen LogP) is 5.26. The van der Waals surface area contributed by atoms with Crippen molar-refractivity contribution < 1.29 is 14.1 Å². The Morgan fingerprint density at radius 2 is 1.68 bits per heavy atom. The number of rotatable bonds is 6.